The minimum Gasteiger partial charge on any atom is -0.458 e. The van der Waals surface area contributed by atoms with E-state index < -0.39 is 5.41 Å². The lowest BCUT2D eigenvalue weighted by atomic mass is 9.84. The van der Waals surface area contributed by atoms with E-state index in [0.29, 0.717) is 28.9 Å². The summed E-state index contributed by atoms with van der Waals surface area (Å²) in [5.41, 5.74) is 0.901. The van der Waals surface area contributed by atoms with Crippen LogP contribution < -0.4 is 10.6 Å². The van der Waals surface area contributed by atoms with Gasteiger partial charge in [0.2, 0.25) is 11.8 Å². The Morgan fingerprint density at radius 2 is 1.89 bits per heavy atom. The number of amides is 2. The molecule has 2 aromatic heterocycles. The molecule has 0 unspecified atom stereocenters. The van der Waals surface area contributed by atoms with Gasteiger partial charge in [-0.25, -0.2) is 4.98 Å². The predicted octanol–water partition coefficient (Wildman–Crippen LogP) is 3.96. The smallest absolute Gasteiger partial charge is 0.236 e. The number of benzene rings is 1. The third-order valence-electron chi connectivity index (χ3n) is 4.21. The van der Waals surface area contributed by atoms with Crippen LogP contribution in [-0.2, 0) is 21.5 Å². The van der Waals surface area contributed by atoms with Crippen LogP contribution in [0.2, 0.25) is 0 Å². The molecule has 0 bridgehead atoms. The molecule has 0 spiro atoms. The van der Waals surface area contributed by atoms with Crippen molar-refractivity contribution in [1.82, 2.24) is 10.3 Å². The van der Waals surface area contributed by atoms with E-state index in [1.165, 1.54) is 18.3 Å². The number of rotatable bonds is 6. The zero-order valence-electron chi connectivity index (χ0n) is 15.4. The number of carbonyl (C=O) groups is 2. The van der Waals surface area contributed by atoms with Crippen molar-refractivity contribution in [3.8, 4) is 11.5 Å². The number of carbonyl (C=O) groups excluding carboxylic acids is 2. The summed E-state index contributed by atoms with van der Waals surface area (Å²) < 4.78 is 5.69. The SMILES string of the molecule is CC(=O)NCc1ccc(-c2csc(NC(=O)C(C)(C)c3ccccc3)n2)o1. The molecule has 0 saturated carbocycles. The molecule has 0 aliphatic heterocycles. The number of thiazole rings is 1. The van der Waals surface area contributed by atoms with Crippen molar-refractivity contribution in [2.24, 2.45) is 0 Å². The number of hydrogen-bond donors (Lipinski definition) is 2. The first-order chi connectivity index (χ1) is 12.9. The molecule has 2 N–H and O–H groups in total. The second kappa shape index (κ2) is 7.75. The second-order valence-electron chi connectivity index (χ2n) is 6.66. The average molecular weight is 383 g/mol. The summed E-state index contributed by atoms with van der Waals surface area (Å²) >= 11 is 1.34. The van der Waals surface area contributed by atoms with Gasteiger partial charge in [0, 0.05) is 12.3 Å². The summed E-state index contributed by atoms with van der Waals surface area (Å²) in [6, 6.07) is 13.2. The van der Waals surface area contributed by atoms with Gasteiger partial charge in [-0.1, -0.05) is 30.3 Å². The van der Waals surface area contributed by atoms with Gasteiger partial charge >= 0.3 is 0 Å². The van der Waals surface area contributed by atoms with Crippen LogP contribution in [0.15, 0.2) is 52.3 Å². The Kier molecular flexibility index (Phi) is 5.41. The topological polar surface area (TPSA) is 84.2 Å². The van der Waals surface area contributed by atoms with E-state index in [1.54, 1.807) is 12.1 Å². The average Bonchev–Trinajstić information content (AvgIpc) is 3.30. The molecule has 2 amide bonds. The molecule has 0 saturated heterocycles. The van der Waals surface area contributed by atoms with Crippen molar-refractivity contribution in [1.29, 1.82) is 0 Å². The third kappa shape index (κ3) is 4.43. The fraction of sp³-hybridized carbons (Fsp3) is 0.250. The molecular formula is C20H21N3O3S. The molecule has 0 aliphatic carbocycles. The van der Waals surface area contributed by atoms with Crippen LogP contribution in [-0.4, -0.2) is 16.8 Å². The Morgan fingerprint density at radius 1 is 1.15 bits per heavy atom. The summed E-state index contributed by atoms with van der Waals surface area (Å²) in [5, 5.41) is 7.91. The molecule has 3 aromatic rings. The predicted molar refractivity (Wildman–Crippen MR) is 105 cm³/mol. The number of aromatic nitrogens is 1. The highest BCUT2D eigenvalue weighted by atomic mass is 32.1. The highest BCUT2D eigenvalue weighted by molar-refractivity contribution is 7.14. The minimum atomic E-state index is -0.677. The van der Waals surface area contributed by atoms with E-state index in [4.69, 9.17) is 4.42 Å². The molecular weight excluding hydrogens is 362 g/mol. The number of hydrogen-bond acceptors (Lipinski definition) is 5. The largest absolute Gasteiger partial charge is 0.458 e. The Labute approximate surface area is 161 Å². The van der Waals surface area contributed by atoms with Gasteiger partial charge in [0.15, 0.2) is 10.9 Å². The maximum absolute atomic E-state index is 12.7. The standard InChI is InChI=1S/C20H21N3O3S/c1-13(24)21-11-15-9-10-17(26-15)16-12-27-19(22-16)23-18(25)20(2,3)14-7-5-4-6-8-14/h4-10,12H,11H2,1-3H3,(H,21,24)(H,22,23,25). The Morgan fingerprint density at radius 3 is 2.59 bits per heavy atom. The molecule has 0 atom stereocenters. The first-order valence-corrected chi connectivity index (χ1v) is 9.40. The molecule has 3 rings (SSSR count). The van der Waals surface area contributed by atoms with E-state index in [1.807, 2.05) is 49.6 Å². The number of nitrogens with one attached hydrogen (secondary N) is 2. The maximum Gasteiger partial charge on any atom is 0.236 e. The van der Waals surface area contributed by atoms with Gasteiger partial charge in [-0.2, -0.15) is 0 Å². The van der Waals surface area contributed by atoms with E-state index in [2.05, 4.69) is 15.6 Å². The molecule has 140 valence electrons. The molecule has 2 heterocycles. The van der Waals surface area contributed by atoms with Crippen molar-refractivity contribution in [2.75, 3.05) is 5.32 Å². The molecule has 27 heavy (non-hydrogen) atoms. The molecule has 1 aromatic carbocycles. The fourth-order valence-corrected chi connectivity index (χ4v) is 3.20. The molecule has 0 radical (unpaired) electrons. The van der Waals surface area contributed by atoms with Gasteiger partial charge in [0.05, 0.1) is 12.0 Å². The third-order valence-corrected chi connectivity index (χ3v) is 4.97. The van der Waals surface area contributed by atoms with Crippen molar-refractivity contribution >= 4 is 28.3 Å². The quantitative estimate of drug-likeness (QED) is 0.675. The molecule has 7 heteroatoms. The van der Waals surface area contributed by atoms with Gasteiger partial charge in [0.1, 0.15) is 11.5 Å². The van der Waals surface area contributed by atoms with E-state index in [-0.39, 0.29) is 11.8 Å². The van der Waals surface area contributed by atoms with Crippen molar-refractivity contribution in [2.45, 2.75) is 32.7 Å². The molecule has 0 fully saturated rings. The van der Waals surface area contributed by atoms with Crippen LogP contribution in [0.5, 0.6) is 0 Å². The van der Waals surface area contributed by atoms with E-state index >= 15 is 0 Å². The van der Waals surface area contributed by atoms with Crippen LogP contribution in [0, 0.1) is 0 Å². The van der Waals surface area contributed by atoms with E-state index in [9.17, 15) is 9.59 Å². The van der Waals surface area contributed by atoms with Crippen molar-refractivity contribution in [3.63, 3.8) is 0 Å². The zero-order chi connectivity index (χ0) is 19.4. The number of furan rings is 1. The zero-order valence-corrected chi connectivity index (χ0v) is 16.2. The lowest BCUT2D eigenvalue weighted by molar-refractivity contribution is -0.120. The Bertz CT molecular complexity index is 944. The highest BCUT2D eigenvalue weighted by Crippen LogP contribution is 2.29. The summed E-state index contributed by atoms with van der Waals surface area (Å²) in [6.45, 7) is 5.55. The number of nitrogens with zero attached hydrogens (tertiary/aromatic N) is 1. The van der Waals surface area contributed by atoms with Gasteiger partial charge in [0.25, 0.3) is 0 Å². The van der Waals surface area contributed by atoms with Crippen LogP contribution in [0.25, 0.3) is 11.5 Å². The van der Waals surface area contributed by atoms with Gasteiger partial charge < -0.3 is 15.1 Å². The van der Waals surface area contributed by atoms with Crippen molar-refractivity contribution < 1.29 is 14.0 Å². The Hall–Kier alpha value is -2.93. The minimum absolute atomic E-state index is 0.118. The van der Waals surface area contributed by atoms with Gasteiger partial charge in [-0.05, 0) is 31.5 Å². The van der Waals surface area contributed by atoms with Gasteiger partial charge in [-0.15, -0.1) is 11.3 Å². The van der Waals surface area contributed by atoms with E-state index in [0.717, 1.165) is 5.56 Å². The monoisotopic (exact) mass is 383 g/mol. The number of anilines is 1. The lowest BCUT2D eigenvalue weighted by Crippen LogP contribution is -2.34. The molecule has 0 aliphatic rings. The fourth-order valence-electron chi connectivity index (χ4n) is 2.51. The first-order valence-electron chi connectivity index (χ1n) is 8.52. The van der Waals surface area contributed by atoms with Crippen LogP contribution in [0.4, 0.5) is 5.13 Å². The van der Waals surface area contributed by atoms with Crippen LogP contribution >= 0.6 is 11.3 Å². The Balaban J connectivity index is 1.69. The molecule has 6 nitrogen and oxygen atoms in total. The summed E-state index contributed by atoms with van der Waals surface area (Å²) in [5.74, 6) is 0.992. The van der Waals surface area contributed by atoms with Crippen LogP contribution in [0.3, 0.4) is 0 Å². The lowest BCUT2D eigenvalue weighted by Gasteiger charge is -2.23. The summed E-state index contributed by atoms with van der Waals surface area (Å²) in [7, 11) is 0. The summed E-state index contributed by atoms with van der Waals surface area (Å²) in [6.07, 6.45) is 0. The van der Waals surface area contributed by atoms with Gasteiger partial charge in [-0.3, -0.25) is 9.59 Å². The highest BCUT2D eigenvalue weighted by Gasteiger charge is 2.30. The first kappa shape index (κ1) is 18.8. The maximum atomic E-state index is 12.7. The summed E-state index contributed by atoms with van der Waals surface area (Å²) in [4.78, 5) is 28.1. The normalized spacial score (nSPS) is 11.2. The van der Waals surface area contributed by atoms with Crippen LogP contribution in [0.1, 0.15) is 32.1 Å². The second-order valence-corrected chi connectivity index (χ2v) is 7.52. The van der Waals surface area contributed by atoms with Crippen molar-refractivity contribution in [3.05, 3.63) is 59.2 Å².